The number of rotatable bonds is 4. The molecule has 0 aliphatic carbocycles. The summed E-state index contributed by atoms with van der Waals surface area (Å²) in [7, 11) is 2.14. The molecule has 1 fully saturated rings. The summed E-state index contributed by atoms with van der Waals surface area (Å²) in [6, 6.07) is 10.1. The Morgan fingerprint density at radius 1 is 1.25 bits per heavy atom. The first kappa shape index (κ1) is 14.4. The van der Waals surface area contributed by atoms with Gasteiger partial charge in [-0.15, -0.1) is 0 Å². The standard InChI is InChI=1S/C15H20N4O/c1-18-8-10-19(11-9-18)14-4-2-13(3-5-14)12-17-15(20)6-7-16/h2-5H,6,8-12H2,1H3,(H,17,20). The van der Waals surface area contributed by atoms with Gasteiger partial charge < -0.3 is 15.1 Å². The fourth-order valence-electron chi connectivity index (χ4n) is 2.22. The molecule has 0 radical (unpaired) electrons. The molecule has 20 heavy (non-hydrogen) atoms. The Bertz CT molecular complexity index is 484. The van der Waals surface area contributed by atoms with Crippen molar-refractivity contribution in [2.45, 2.75) is 13.0 Å². The summed E-state index contributed by atoms with van der Waals surface area (Å²) in [5, 5.41) is 11.1. The largest absolute Gasteiger partial charge is 0.369 e. The molecular formula is C15H20N4O. The minimum absolute atomic E-state index is 0.0839. The normalized spacial score (nSPS) is 15.7. The van der Waals surface area contributed by atoms with Gasteiger partial charge in [-0.3, -0.25) is 4.79 Å². The summed E-state index contributed by atoms with van der Waals surface area (Å²) in [4.78, 5) is 15.9. The number of benzene rings is 1. The van der Waals surface area contributed by atoms with E-state index in [2.05, 4.69) is 34.3 Å². The molecule has 1 amide bonds. The van der Waals surface area contributed by atoms with E-state index in [9.17, 15) is 4.79 Å². The fourth-order valence-corrected chi connectivity index (χ4v) is 2.22. The lowest BCUT2D eigenvalue weighted by Crippen LogP contribution is -2.44. The molecule has 5 heteroatoms. The number of hydrogen-bond acceptors (Lipinski definition) is 4. The van der Waals surface area contributed by atoms with Gasteiger partial charge in [0.2, 0.25) is 5.91 Å². The van der Waals surface area contributed by atoms with Crippen LogP contribution < -0.4 is 10.2 Å². The summed E-state index contributed by atoms with van der Waals surface area (Å²) in [5.74, 6) is -0.226. The monoisotopic (exact) mass is 272 g/mol. The number of nitriles is 1. The third-order valence-corrected chi connectivity index (χ3v) is 3.53. The van der Waals surface area contributed by atoms with Crippen LogP contribution in [0, 0.1) is 11.3 Å². The molecule has 106 valence electrons. The zero-order valence-corrected chi connectivity index (χ0v) is 11.8. The molecular weight excluding hydrogens is 252 g/mol. The summed E-state index contributed by atoms with van der Waals surface area (Å²) in [5.41, 5.74) is 2.28. The first-order chi connectivity index (χ1) is 9.69. The van der Waals surface area contributed by atoms with Crippen LogP contribution in [0.5, 0.6) is 0 Å². The maximum absolute atomic E-state index is 11.2. The van der Waals surface area contributed by atoms with Crippen molar-refractivity contribution in [2.75, 3.05) is 38.1 Å². The average molecular weight is 272 g/mol. The van der Waals surface area contributed by atoms with Crippen molar-refractivity contribution in [2.24, 2.45) is 0 Å². The smallest absolute Gasteiger partial charge is 0.234 e. The van der Waals surface area contributed by atoms with E-state index in [0.29, 0.717) is 6.54 Å². The molecule has 1 aromatic rings. The second-order valence-corrected chi connectivity index (χ2v) is 5.07. The van der Waals surface area contributed by atoms with E-state index in [1.807, 2.05) is 18.2 Å². The van der Waals surface area contributed by atoms with Crippen LogP contribution in [0.15, 0.2) is 24.3 Å². The van der Waals surface area contributed by atoms with Crippen molar-refractivity contribution < 1.29 is 4.79 Å². The Labute approximate surface area is 119 Å². The molecule has 1 aliphatic rings. The highest BCUT2D eigenvalue weighted by atomic mass is 16.1. The van der Waals surface area contributed by atoms with Crippen molar-refractivity contribution in [1.82, 2.24) is 10.2 Å². The van der Waals surface area contributed by atoms with Crippen LogP contribution in [0.1, 0.15) is 12.0 Å². The Morgan fingerprint density at radius 2 is 1.90 bits per heavy atom. The van der Waals surface area contributed by atoms with Gasteiger partial charge in [0, 0.05) is 38.4 Å². The van der Waals surface area contributed by atoms with Crippen LogP contribution in [0.3, 0.4) is 0 Å². The van der Waals surface area contributed by atoms with Gasteiger partial charge in [-0.05, 0) is 24.7 Å². The van der Waals surface area contributed by atoms with Gasteiger partial charge in [0.1, 0.15) is 6.42 Å². The third kappa shape index (κ3) is 3.97. The number of nitrogens with one attached hydrogen (secondary N) is 1. The molecule has 1 saturated heterocycles. The lowest BCUT2D eigenvalue weighted by molar-refractivity contribution is -0.120. The highest BCUT2D eigenvalue weighted by Crippen LogP contribution is 2.16. The molecule has 0 spiro atoms. The van der Waals surface area contributed by atoms with E-state index in [-0.39, 0.29) is 12.3 Å². The molecule has 2 rings (SSSR count). The predicted octanol–water partition coefficient (Wildman–Crippen LogP) is 0.968. The zero-order chi connectivity index (χ0) is 14.4. The minimum atomic E-state index is -0.226. The van der Waals surface area contributed by atoms with Crippen molar-refractivity contribution in [3.63, 3.8) is 0 Å². The first-order valence-electron chi connectivity index (χ1n) is 6.85. The summed E-state index contributed by atoms with van der Waals surface area (Å²) >= 11 is 0. The summed E-state index contributed by atoms with van der Waals surface area (Å²) < 4.78 is 0. The molecule has 0 atom stereocenters. The molecule has 0 bridgehead atoms. The zero-order valence-electron chi connectivity index (χ0n) is 11.8. The quantitative estimate of drug-likeness (QED) is 0.887. The Hall–Kier alpha value is -2.06. The van der Waals surface area contributed by atoms with E-state index in [4.69, 9.17) is 5.26 Å². The number of carbonyl (C=O) groups excluding carboxylic acids is 1. The molecule has 0 unspecified atom stereocenters. The van der Waals surface area contributed by atoms with Gasteiger partial charge in [0.15, 0.2) is 0 Å². The lowest BCUT2D eigenvalue weighted by Gasteiger charge is -2.34. The summed E-state index contributed by atoms with van der Waals surface area (Å²) in [6.45, 7) is 4.75. The number of amides is 1. The predicted molar refractivity (Wildman–Crippen MR) is 78.2 cm³/mol. The first-order valence-corrected chi connectivity index (χ1v) is 6.85. The van der Waals surface area contributed by atoms with E-state index in [1.54, 1.807) is 0 Å². The van der Waals surface area contributed by atoms with Crippen molar-refractivity contribution in [3.05, 3.63) is 29.8 Å². The van der Waals surface area contributed by atoms with Crippen molar-refractivity contribution in [3.8, 4) is 6.07 Å². The van der Waals surface area contributed by atoms with Gasteiger partial charge >= 0.3 is 0 Å². The SMILES string of the molecule is CN1CCN(c2ccc(CNC(=O)CC#N)cc2)CC1. The Balaban J connectivity index is 1.87. The third-order valence-electron chi connectivity index (χ3n) is 3.53. The van der Waals surface area contributed by atoms with E-state index < -0.39 is 0 Å². The highest BCUT2D eigenvalue weighted by Gasteiger charge is 2.13. The molecule has 5 nitrogen and oxygen atoms in total. The number of carbonyl (C=O) groups is 1. The van der Waals surface area contributed by atoms with Gasteiger partial charge in [-0.2, -0.15) is 5.26 Å². The molecule has 1 heterocycles. The maximum Gasteiger partial charge on any atom is 0.234 e. The summed E-state index contributed by atoms with van der Waals surface area (Å²) in [6.07, 6.45) is -0.0839. The number of hydrogen-bond donors (Lipinski definition) is 1. The van der Waals surface area contributed by atoms with Crippen LogP contribution >= 0.6 is 0 Å². The van der Waals surface area contributed by atoms with Gasteiger partial charge in [0.25, 0.3) is 0 Å². The van der Waals surface area contributed by atoms with Crippen LogP contribution in [-0.2, 0) is 11.3 Å². The molecule has 1 aliphatic heterocycles. The van der Waals surface area contributed by atoms with Crippen LogP contribution in [0.25, 0.3) is 0 Å². The van der Waals surface area contributed by atoms with E-state index in [0.717, 1.165) is 31.7 Å². The molecule has 1 aromatic carbocycles. The minimum Gasteiger partial charge on any atom is -0.369 e. The Morgan fingerprint density at radius 3 is 2.50 bits per heavy atom. The van der Waals surface area contributed by atoms with Crippen molar-refractivity contribution in [1.29, 1.82) is 5.26 Å². The van der Waals surface area contributed by atoms with Crippen LogP contribution in [0.4, 0.5) is 5.69 Å². The number of anilines is 1. The number of piperazine rings is 1. The van der Waals surface area contributed by atoms with Gasteiger partial charge in [-0.25, -0.2) is 0 Å². The molecule has 0 saturated carbocycles. The van der Waals surface area contributed by atoms with Gasteiger partial charge in [-0.1, -0.05) is 12.1 Å². The van der Waals surface area contributed by atoms with Crippen LogP contribution in [-0.4, -0.2) is 44.0 Å². The van der Waals surface area contributed by atoms with E-state index in [1.165, 1.54) is 5.69 Å². The maximum atomic E-state index is 11.2. The lowest BCUT2D eigenvalue weighted by atomic mass is 10.1. The second-order valence-electron chi connectivity index (χ2n) is 5.07. The van der Waals surface area contributed by atoms with Crippen LogP contribution in [0.2, 0.25) is 0 Å². The fraction of sp³-hybridized carbons (Fsp3) is 0.467. The second kappa shape index (κ2) is 6.92. The van der Waals surface area contributed by atoms with Gasteiger partial charge in [0.05, 0.1) is 6.07 Å². The van der Waals surface area contributed by atoms with Crippen molar-refractivity contribution >= 4 is 11.6 Å². The topological polar surface area (TPSA) is 59.4 Å². The Kier molecular flexibility index (Phi) is 4.97. The van der Waals surface area contributed by atoms with E-state index >= 15 is 0 Å². The highest BCUT2D eigenvalue weighted by molar-refractivity contribution is 5.77. The number of nitrogens with zero attached hydrogens (tertiary/aromatic N) is 3. The molecule has 1 N–H and O–H groups in total. The number of likely N-dealkylation sites (N-methyl/N-ethyl adjacent to an activating group) is 1. The average Bonchev–Trinajstić information content (AvgIpc) is 2.47. The molecule has 0 aromatic heterocycles.